The molecule has 2 unspecified atom stereocenters. The van der Waals surface area contributed by atoms with Gasteiger partial charge in [-0.25, -0.2) is 0 Å². The maximum absolute atomic E-state index is 12.8. The molecule has 0 aliphatic heterocycles. The van der Waals surface area contributed by atoms with Gasteiger partial charge >= 0.3 is 0 Å². The predicted molar refractivity (Wildman–Crippen MR) is 158 cm³/mol. The molecule has 2 atom stereocenters. The lowest BCUT2D eigenvalue weighted by Crippen LogP contribution is -2.51. The summed E-state index contributed by atoms with van der Waals surface area (Å²) in [6.07, 6.45) is 0.712. The third kappa shape index (κ3) is 10.8. The molecular formula is C31H40N4O7. The van der Waals surface area contributed by atoms with Crippen molar-refractivity contribution in [3.63, 3.8) is 0 Å². The van der Waals surface area contributed by atoms with Crippen molar-refractivity contribution in [2.24, 2.45) is 17.8 Å². The molecule has 11 nitrogen and oxygen atoms in total. The molecular weight excluding hydrogens is 540 g/mol. The second kappa shape index (κ2) is 16.7. The molecule has 0 saturated carbocycles. The molecule has 226 valence electrons. The van der Waals surface area contributed by atoms with E-state index in [1.807, 2.05) is 20.8 Å². The van der Waals surface area contributed by atoms with Crippen molar-refractivity contribution in [3.8, 4) is 0 Å². The van der Waals surface area contributed by atoms with Gasteiger partial charge in [0.25, 0.3) is 6.47 Å². The molecule has 0 spiro atoms. The molecule has 0 fully saturated rings. The van der Waals surface area contributed by atoms with E-state index in [-0.39, 0.29) is 43.7 Å². The van der Waals surface area contributed by atoms with Crippen LogP contribution < -0.4 is 20.9 Å². The number of anilines is 2. The van der Waals surface area contributed by atoms with E-state index in [1.165, 1.54) is 0 Å². The van der Waals surface area contributed by atoms with E-state index in [0.29, 0.717) is 35.7 Å². The number of hydrogen-bond donors (Lipinski definition) is 3. The van der Waals surface area contributed by atoms with Gasteiger partial charge in [-0.1, -0.05) is 58.9 Å². The zero-order chi connectivity index (χ0) is 31.2. The molecule has 0 bridgehead atoms. The third-order valence-corrected chi connectivity index (χ3v) is 6.83. The fraction of sp³-hybridized carbons (Fsp3) is 0.419. The maximum atomic E-state index is 12.8. The molecule has 42 heavy (non-hydrogen) atoms. The first-order chi connectivity index (χ1) is 19.9. The summed E-state index contributed by atoms with van der Waals surface area (Å²) in [6, 6.07) is 12.3. The van der Waals surface area contributed by atoms with E-state index < -0.39 is 23.8 Å². The van der Waals surface area contributed by atoms with Gasteiger partial charge in [-0.05, 0) is 53.1 Å². The number of benzene rings is 2. The number of nitrogens with zero attached hydrogens (tertiary/aromatic N) is 1. The number of amides is 5. The van der Waals surface area contributed by atoms with Gasteiger partial charge in [0.2, 0.25) is 30.0 Å². The Hall–Kier alpha value is -4.54. The Morgan fingerprint density at radius 1 is 0.833 bits per heavy atom. The number of nitrogens with one attached hydrogen (secondary N) is 3. The highest BCUT2D eigenvalue weighted by Gasteiger charge is 2.25. The van der Waals surface area contributed by atoms with Crippen molar-refractivity contribution in [1.29, 1.82) is 0 Å². The number of carbonyl (C=O) groups excluding carboxylic acids is 6. The van der Waals surface area contributed by atoms with Gasteiger partial charge in [-0.2, -0.15) is 0 Å². The van der Waals surface area contributed by atoms with Gasteiger partial charge in [0, 0.05) is 12.1 Å². The highest BCUT2D eigenvalue weighted by atomic mass is 16.5. The van der Waals surface area contributed by atoms with Crippen LogP contribution in [-0.2, 0) is 46.5 Å². The van der Waals surface area contributed by atoms with E-state index in [4.69, 9.17) is 0 Å². The molecule has 2 aromatic carbocycles. The SMILES string of the molecule is CC(C)C(C)CC(=O)N(C=O)c1ccc(CC(=O)NC(C(=O)NCC(=O)Nc2ccc(COC=O)cc2)C(C)C)cc1. The average Bonchev–Trinajstić information content (AvgIpc) is 2.95. The van der Waals surface area contributed by atoms with Crippen molar-refractivity contribution in [3.05, 3.63) is 59.7 Å². The summed E-state index contributed by atoms with van der Waals surface area (Å²) in [6.45, 7) is 9.74. The Balaban J connectivity index is 1.90. The van der Waals surface area contributed by atoms with E-state index in [2.05, 4.69) is 20.7 Å². The van der Waals surface area contributed by atoms with Gasteiger partial charge < -0.3 is 20.7 Å². The summed E-state index contributed by atoms with van der Waals surface area (Å²) < 4.78 is 4.68. The molecule has 0 aliphatic rings. The fourth-order valence-electron chi connectivity index (χ4n) is 3.89. The van der Waals surface area contributed by atoms with Crippen molar-refractivity contribution in [2.75, 3.05) is 16.8 Å². The van der Waals surface area contributed by atoms with Crippen LogP contribution in [0.5, 0.6) is 0 Å². The van der Waals surface area contributed by atoms with Crippen LogP contribution in [0.25, 0.3) is 0 Å². The first-order valence-corrected chi connectivity index (χ1v) is 13.8. The molecule has 0 aromatic heterocycles. The number of hydrogen-bond acceptors (Lipinski definition) is 7. The largest absolute Gasteiger partial charge is 0.463 e. The molecule has 3 N–H and O–H groups in total. The lowest BCUT2D eigenvalue weighted by Gasteiger charge is -2.22. The second-order valence-corrected chi connectivity index (χ2v) is 10.8. The average molecular weight is 581 g/mol. The third-order valence-electron chi connectivity index (χ3n) is 6.83. The van der Waals surface area contributed by atoms with Crippen molar-refractivity contribution >= 4 is 47.9 Å². The van der Waals surface area contributed by atoms with E-state index in [0.717, 1.165) is 10.5 Å². The standard InChI is InChI=1S/C31H40N4O7/c1-20(2)22(5)14-29(40)35(18-36)26-12-8-23(9-13-26)15-27(38)34-30(21(3)4)31(41)32-16-28(39)33-25-10-6-24(7-11-25)17-42-19-37/h6-13,18-22,30H,14-17H2,1-5H3,(H,32,41)(H,33,39)(H,34,38). The fourth-order valence-corrected chi connectivity index (χ4v) is 3.89. The Morgan fingerprint density at radius 3 is 2.00 bits per heavy atom. The van der Waals surface area contributed by atoms with Crippen LogP contribution >= 0.6 is 0 Å². The number of rotatable bonds is 16. The molecule has 0 saturated heterocycles. The summed E-state index contributed by atoms with van der Waals surface area (Å²) in [5, 5.41) is 7.94. The smallest absolute Gasteiger partial charge is 0.293 e. The minimum atomic E-state index is -0.868. The van der Waals surface area contributed by atoms with Crippen LogP contribution in [0.3, 0.4) is 0 Å². The number of imide groups is 1. The van der Waals surface area contributed by atoms with Crippen LogP contribution in [0.15, 0.2) is 48.5 Å². The van der Waals surface area contributed by atoms with Crippen LogP contribution in [0, 0.1) is 17.8 Å². The summed E-state index contributed by atoms with van der Waals surface area (Å²) in [5.74, 6) is -1.46. The Labute approximate surface area is 246 Å². The normalized spacial score (nSPS) is 12.2. The van der Waals surface area contributed by atoms with Gasteiger partial charge in [0.1, 0.15) is 12.6 Å². The highest BCUT2D eigenvalue weighted by molar-refractivity contribution is 6.07. The summed E-state index contributed by atoms with van der Waals surface area (Å²) in [4.78, 5) is 73.4. The molecule has 0 aliphatic carbocycles. The van der Waals surface area contributed by atoms with E-state index >= 15 is 0 Å². The van der Waals surface area contributed by atoms with E-state index in [9.17, 15) is 28.8 Å². The van der Waals surface area contributed by atoms with Gasteiger partial charge in [0.15, 0.2) is 0 Å². The molecule has 0 heterocycles. The Kier molecular flexibility index (Phi) is 13.4. The van der Waals surface area contributed by atoms with Crippen molar-refractivity contribution in [1.82, 2.24) is 10.6 Å². The second-order valence-electron chi connectivity index (χ2n) is 10.8. The summed E-state index contributed by atoms with van der Waals surface area (Å²) in [5.41, 5.74) is 2.31. The van der Waals surface area contributed by atoms with Crippen LogP contribution in [0.4, 0.5) is 11.4 Å². The molecule has 2 rings (SSSR count). The summed E-state index contributed by atoms with van der Waals surface area (Å²) >= 11 is 0. The van der Waals surface area contributed by atoms with Crippen molar-refractivity contribution < 1.29 is 33.5 Å². The maximum Gasteiger partial charge on any atom is 0.293 e. The van der Waals surface area contributed by atoms with Crippen molar-refractivity contribution in [2.45, 2.75) is 60.1 Å². The van der Waals surface area contributed by atoms with E-state index in [1.54, 1.807) is 62.4 Å². The Bertz CT molecular complexity index is 1230. The predicted octanol–water partition coefficient (Wildman–Crippen LogP) is 2.97. The first-order valence-electron chi connectivity index (χ1n) is 13.8. The van der Waals surface area contributed by atoms with Gasteiger partial charge in [-0.15, -0.1) is 0 Å². The molecule has 5 amide bonds. The van der Waals surface area contributed by atoms with Crippen LogP contribution in [0.2, 0.25) is 0 Å². The van der Waals surface area contributed by atoms with Crippen LogP contribution in [-0.4, -0.2) is 49.1 Å². The number of ether oxygens (including phenoxy) is 1. The topological polar surface area (TPSA) is 151 Å². The molecule has 0 radical (unpaired) electrons. The minimum absolute atomic E-state index is 0.0232. The lowest BCUT2D eigenvalue weighted by atomic mass is 9.94. The zero-order valence-electron chi connectivity index (χ0n) is 24.7. The summed E-state index contributed by atoms with van der Waals surface area (Å²) in [7, 11) is 0. The molecule has 11 heteroatoms. The Morgan fingerprint density at radius 2 is 1.45 bits per heavy atom. The monoisotopic (exact) mass is 580 g/mol. The van der Waals surface area contributed by atoms with Crippen LogP contribution in [0.1, 0.15) is 52.2 Å². The number of carbonyl (C=O) groups is 6. The van der Waals surface area contributed by atoms with Gasteiger partial charge in [-0.3, -0.25) is 33.7 Å². The minimum Gasteiger partial charge on any atom is -0.463 e. The quantitative estimate of drug-likeness (QED) is 0.258. The highest BCUT2D eigenvalue weighted by Crippen LogP contribution is 2.20. The lowest BCUT2D eigenvalue weighted by molar-refractivity contribution is -0.130. The van der Waals surface area contributed by atoms with Gasteiger partial charge in [0.05, 0.1) is 18.7 Å². The molecule has 2 aromatic rings. The first kappa shape index (κ1) is 33.7. The zero-order valence-corrected chi connectivity index (χ0v) is 24.7.